The molecule has 0 fully saturated rings. The van der Waals surface area contributed by atoms with Crippen molar-refractivity contribution in [3.05, 3.63) is 32.8 Å². The molecule has 20 heavy (non-hydrogen) atoms. The monoisotopic (exact) mass is 339 g/mol. The van der Waals surface area contributed by atoms with Crippen LogP contribution in [0.4, 0.5) is 11.4 Å². The van der Waals surface area contributed by atoms with Crippen LogP contribution in [0.15, 0.2) is 27.8 Å². The first-order valence-electron chi connectivity index (χ1n) is 6.15. The summed E-state index contributed by atoms with van der Waals surface area (Å²) in [5.74, 6) is -0.233. The molecule has 7 heteroatoms. The van der Waals surface area contributed by atoms with Gasteiger partial charge in [-0.1, -0.05) is 22.9 Å². The van der Waals surface area contributed by atoms with Gasteiger partial charge in [-0.2, -0.15) is 10.1 Å². The number of nitro benzene ring substituents is 1. The first kappa shape index (κ1) is 14.6. The van der Waals surface area contributed by atoms with Crippen LogP contribution < -0.4 is 5.01 Å². The fraction of sp³-hybridized carbons (Fsp3) is 0.385. The zero-order valence-electron chi connectivity index (χ0n) is 11.4. The molecule has 1 aromatic rings. The van der Waals surface area contributed by atoms with Crippen LogP contribution in [0, 0.1) is 15.5 Å². The molecule has 1 aliphatic heterocycles. The highest BCUT2D eigenvalue weighted by molar-refractivity contribution is 9.10. The number of nitro groups is 1. The maximum absolute atomic E-state index is 12.5. The Morgan fingerprint density at radius 1 is 1.50 bits per heavy atom. The lowest BCUT2D eigenvalue weighted by Gasteiger charge is -2.21. The molecule has 0 bridgehead atoms. The van der Waals surface area contributed by atoms with Crippen molar-refractivity contribution in [2.75, 3.05) is 5.01 Å². The van der Waals surface area contributed by atoms with Crippen LogP contribution in [0.2, 0.25) is 0 Å². The Morgan fingerprint density at radius 2 is 2.15 bits per heavy atom. The SMILES string of the molecule is CC[C@]1(C)C(=O)N(c2ccc(Br)cc2[N+](=O)[O-])N=C1C. The molecule has 6 nitrogen and oxygen atoms in total. The summed E-state index contributed by atoms with van der Waals surface area (Å²) in [5.41, 5.74) is 0.0209. The third-order valence-electron chi connectivity index (χ3n) is 3.78. The van der Waals surface area contributed by atoms with E-state index in [1.807, 2.05) is 6.92 Å². The van der Waals surface area contributed by atoms with E-state index in [1.54, 1.807) is 19.9 Å². The second-order valence-electron chi connectivity index (χ2n) is 4.88. The molecule has 0 unspecified atom stereocenters. The molecule has 2 rings (SSSR count). The number of hydrogen-bond acceptors (Lipinski definition) is 4. The molecule has 1 amide bonds. The van der Waals surface area contributed by atoms with Gasteiger partial charge in [-0.05, 0) is 32.4 Å². The fourth-order valence-electron chi connectivity index (χ4n) is 2.09. The first-order chi connectivity index (χ1) is 9.31. The molecule has 0 aromatic heterocycles. The zero-order chi connectivity index (χ0) is 15.1. The number of carbonyl (C=O) groups excluding carboxylic acids is 1. The van der Waals surface area contributed by atoms with Crippen LogP contribution in [0.25, 0.3) is 0 Å². The number of carbonyl (C=O) groups is 1. The van der Waals surface area contributed by atoms with Gasteiger partial charge in [0.1, 0.15) is 5.69 Å². The molecule has 0 N–H and O–H groups in total. The van der Waals surface area contributed by atoms with Crippen molar-refractivity contribution in [3.63, 3.8) is 0 Å². The summed E-state index contributed by atoms with van der Waals surface area (Å²) < 4.78 is 0.582. The van der Waals surface area contributed by atoms with E-state index in [1.165, 1.54) is 12.1 Å². The number of benzene rings is 1. The minimum absolute atomic E-state index is 0.148. The van der Waals surface area contributed by atoms with Gasteiger partial charge < -0.3 is 0 Å². The second kappa shape index (κ2) is 4.97. The molecule has 1 aliphatic rings. The summed E-state index contributed by atoms with van der Waals surface area (Å²) in [7, 11) is 0. The maximum atomic E-state index is 12.5. The Kier molecular flexibility index (Phi) is 3.64. The Balaban J connectivity index is 2.55. The van der Waals surface area contributed by atoms with E-state index in [0.717, 1.165) is 5.01 Å². The molecule has 0 saturated carbocycles. The summed E-state index contributed by atoms with van der Waals surface area (Å²) in [5, 5.41) is 16.5. The topological polar surface area (TPSA) is 75.8 Å². The van der Waals surface area contributed by atoms with Crippen LogP contribution in [-0.2, 0) is 4.79 Å². The largest absolute Gasteiger partial charge is 0.296 e. The van der Waals surface area contributed by atoms with Gasteiger partial charge in [-0.15, -0.1) is 0 Å². The molecule has 0 spiro atoms. The van der Waals surface area contributed by atoms with Crippen LogP contribution in [0.3, 0.4) is 0 Å². The lowest BCUT2D eigenvalue weighted by atomic mass is 9.83. The maximum Gasteiger partial charge on any atom is 0.296 e. The average molecular weight is 340 g/mol. The van der Waals surface area contributed by atoms with E-state index >= 15 is 0 Å². The van der Waals surface area contributed by atoms with E-state index in [9.17, 15) is 14.9 Å². The fourth-order valence-corrected chi connectivity index (χ4v) is 2.44. The standard InChI is InChI=1S/C13H14BrN3O3/c1-4-13(3)8(2)15-16(12(13)18)10-6-5-9(14)7-11(10)17(19)20/h5-7H,4H2,1-3H3/t13-/m0/s1. The smallest absolute Gasteiger partial charge is 0.271 e. The molecular weight excluding hydrogens is 326 g/mol. The van der Waals surface area contributed by atoms with Gasteiger partial charge in [0.25, 0.3) is 11.6 Å². The van der Waals surface area contributed by atoms with Gasteiger partial charge in [0.05, 0.1) is 16.0 Å². The molecule has 0 saturated heterocycles. The highest BCUT2D eigenvalue weighted by Gasteiger charge is 2.45. The van der Waals surface area contributed by atoms with Gasteiger partial charge in [0, 0.05) is 10.5 Å². The quantitative estimate of drug-likeness (QED) is 0.624. The van der Waals surface area contributed by atoms with E-state index < -0.39 is 10.3 Å². The van der Waals surface area contributed by atoms with Crippen LogP contribution in [0.1, 0.15) is 27.2 Å². The van der Waals surface area contributed by atoms with Crippen molar-refractivity contribution in [2.24, 2.45) is 10.5 Å². The van der Waals surface area contributed by atoms with Crippen LogP contribution >= 0.6 is 15.9 Å². The minimum atomic E-state index is -0.694. The predicted molar refractivity (Wildman–Crippen MR) is 79.8 cm³/mol. The average Bonchev–Trinajstić information content (AvgIpc) is 2.63. The van der Waals surface area contributed by atoms with E-state index in [2.05, 4.69) is 21.0 Å². The molecule has 106 valence electrons. The highest BCUT2D eigenvalue weighted by Crippen LogP contribution is 2.39. The van der Waals surface area contributed by atoms with E-state index in [4.69, 9.17) is 0 Å². The molecular formula is C13H14BrN3O3. The number of anilines is 1. The van der Waals surface area contributed by atoms with Crippen LogP contribution in [0.5, 0.6) is 0 Å². The van der Waals surface area contributed by atoms with Gasteiger partial charge in [-0.3, -0.25) is 14.9 Å². The number of halogens is 1. The highest BCUT2D eigenvalue weighted by atomic mass is 79.9. The Labute approximate surface area is 124 Å². The molecule has 1 heterocycles. The van der Waals surface area contributed by atoms with Gasteiger partial charge in [0.15, 0.2) is 0 Å². The Morgan fingerprint density at radius 3 is 2.65 bits per heavy atom. The lowest BCUT2D eigenvalue weighted by Crippen LogP contribution is -2.36. The summed E-state index contributed by atoms with van der Waals surface area (Å²) in [6.45, 7) is 5.47. The van der Waals surface area contributed by atoms with Crippen molar-refractivity contribution >= 4 is 38.9 Å². The summed E-state index contributed by atoms with van der Waals surface area (Å²) >= 11 is 3.19. The molecule has 0 radical (unpaired) electrons. The number of nitrogens with zero attached hydrogens (tertiary/aromatic N) is 3. The van der Waals surface area contributed by atoms with Crippen LogP contribution in [-0.4, -0.2) is 16.5 Å². The number of hydrogen-bond donors (Lipinski definition) is 0. The summed E-state index contributed by atoms with van der Waals surface area (Å²) in [6, 6.07) is 4.55. The van der Waals surface area contributed by atoms with E-state index in [0.29, 0.717) is 16.6 Å². The predicted octanol–water partition coefficient (Wildman–Crippen LogP) is 3.50. The normalized spacial score (nSPS) is 22.1. The molecule has 1 atom stereocenters. The zero-order valence-corrected chi connectivity index (χ0v) is 13.0. The van der Waals surface area contributed by atoms with Crippen molar-refractivity contribution in [3.8, 4) is 0 Å². The third-order valence-corrected chi connectivity index (χ3v) is 4.28. The van der Waals surface area contributed by atoms with Crippen molar-refractivity contribution in [2.45, 2.75) is 27.2 Å². The second-order valence-corrected chi connectivity index (χ2v) is 5.79. The molecule has 1 aromatic carbocycles. The third kappa shape index (κ3) is 2.11. The Bertz CT molecular complexity index is 629. The lowest BCUT2D eigenvalue weighted by molar-refractivity contribution is -0.384. The Hall–Kier alpha value is -1.76. The van der Waals surface area contributed by atoms with E-state index in [-0.39, 0.29) is 17.3 Å². The van der Waals surface area contributed by atoms with Crippen molar-refractivity contribution in [1.29, 1.82) is 0 Å². The number of amides is 1. The summed E-state index contributed by atoms with van der Waals surface area (Å²) in [4.78, 5) is 23.1. The van der Waals surface area contributed by atoms with Crippen molar-refractivity contribution in [1.82, 2.24) is 0 Å². The van der Waals surface area contributed by atoms with Gasteiger partial charge >= 0.3 is 0 Å². The molecule has 0 aliphatic carbocycles. The van der Waals surface area contributed by atoms with Gasteiger partial charge in [-0.25, -0.2) is 0 Å². The number of hydrazone groups is 1. The first-order valence-corrected chi connectivity index (χ1v) is 6.94. The van der Waals surface area contributed by atoms with Gasteiger partial charge in [0.2, 0.25) is 0 Å². The van der Waals surface area contributed by atoms with Crippen molar-refractivity contribution < 1.29 is 9.72 Å². The number of rotatable bonds is 3. The summed E-state index contributed by atoms with van der Waals surface area (Å²) in [6.07, 6.45) is 0.599. The minimum Gasteiger partial charge on any atom is -0.271 e.